The van der Waals surface area contributed by atoms with Gasteiger partial charge in [0, 0.05) is 43.3 Å². The van der Waals surface area contributed by atoms with Crippen molar-refractivity contribution in [2.45, 2.75) is 26.4 Å². The van der Waals surface area contributed by atoms with E-state index in [9.17, 15) is 14.0 Å². The molecule has 0 spiro atoms. The topological polar surface area (TPSA) is 78.0 Å². The number of amides is 3. The summed E-state index contributed by atoms with van der Waals surface area (Å²) in [5.74, 6) is 0.305. The molecule has 8 nitrogen and oxygen atoms in total. The van der Waals surface area contributed by atoms with Crippen LogP contribution < -0.4 is 15.0 Å². The Balaban J connectivity index is 1.35. The number of halogens is 1. The van der Waals surface area contributed by atoms with Gasteiger partial charge in [0.2, 0.25) is 0 Å². The summed E-state index contributed by atoms with van der Waals surface area (Å²) in [7, 11) is 1.59. The first kappa shape index (κ1) is 25.4. The number of hydrogen-bond donors (Lipinski definition) is 1. The van der Waals surface area contributed by atoms with Gasteiger partial charge in [-0.2, -0.15) is 0 Å². The van der Waals surface area contributed by atoms with Crippen LogP contribution in [0.25, 0.3) is 0 Å². The Kier molecular flexibility index (Phi) is 8.04. The van der Waals surface area contributed by atoms with Crippen LogP contribution in [0.15, 0.2) is 53.9 Å². The van der Waals surface area contributed by atoms with E-state index in [1.807, 2.05) is 24.8 Å². The lowest BCUT2D eigenvalue weighted by molar-refractivity contribution is 0.0741. The number of rotatable bonds is 7. The van der Waals surface area contributed by atoms with E-state index in [1.165, 1.54) is 17.4 Å². The third-order valence-corrected chi connectivity index (χ3v) is 6.90. The van der Waals surface area contributed by atoms with E-state index in [-0.39, 0.29) is 23.8 Å². The number of para-hydroxylation sites is 1. The summed E-state index contributed by atoms with van der Waals surface area (Å²) in [4.78, 5) is 35.9. The molecule has 190 valence electrons. The molecule has 1 aliphatic heterocycles. The van der Waals surface area contributed by atoms with Crippen molar-refractivity contribution in [3.05, 3.63) is 70.4 Å². The third kappa shape index (κ3) is 5.93. The van der Waals surface area contributed by atoms with Gasteiger partial charge in [0.1, 0.15) is 22.3 Å². The number of benzene rings is 2. The minimum absolute atomic E-state index is 0.0715. The lowest BCUT2D eigenvalue weighted by Gasteiger charge is -2.35. The van der Waals surface area contributed by atoms with Gasteiger partial charge >= 0.3 is 6.03 Å². The summed E-state index contributed by atoms with van der Waals surface area (Å²) in [6.07, 6.45) is 0. The number of ether oxygens (including phenoxy) is 1. The SMILES string of the molecule is COc1ccc(NC(=O)N(Cc2nc(C(=O)N3CCN(c4ccccc4F)CC3)cs2)C(C)C)cc1. The number of nitrogens with zero attached hydrogens (tertiary/aromatic N) is 4. The first-order chi connectivity index (χ1) is 17.4. The third-order valence-electron chi connectivity index (χ3n) is 6.06. The van der Waals surface area contributed by atoms with E-state index in [0.717, 1.165) is 0 Å². The lowest BCUT2D eigenvalue weighted by atomic mass is 10.2. The van der Waals surface area contributed by atoms with E-state index in [2.05, 4.69) is 10.3 Å². The summed E-state index contributed by atoms with van der Waals surface area (Å²) >= 11 is 1.36. The molecule has 3 amide bonds. The Morgan fingerprint density at radius 1 is 1.11 bits per heavy atom. The summed E-state index contributed by atoms with van der Waals surface area (Å²) in [5.41, 5.74) is 1.59. The number of carbonyl (C=O) groups excluding carboxylic acids is 2. The van der Waals surface area contributed by atoms with E-state index in [1.54, 1.807) is 58.7 Å². The maximum atomic E-state index is 14.1. The minimum atomic E-state index is -0.257. The van der Waals surface area contributed by atoms with Crippen LogP contribution >= 0.6 is 11.3 Å². The van der Waals surface area contributed by atoms with Gasteiger partial charge in [-0.05, 0) is 50.2 Å². The van der Waals surface area contributed by atoms with Crippen LogP contribution in [-0.4, -0.2) is 66.1 Å². The van der Waals surface area contributed by atoms with Crippen LogP contribution in [-0.2, 0) is 6.54 Å². The van der Waals surface area contributed by atoms with Crippen LogP contribution in [0.3, 0.4) is 0 Å². The molecule has 0 bridgehead atoms. The lowest BCUT2D eigenvalue weighted by Crippen LogP contribution is -2.49. The molecule has 2 aromatic carbocycles. The van der Waals surface area contributed by atoms with Gasteiger partial charge in [0.15, 0.2) is 0 Å². The van der Waals surface area contributed by atoms with Gasteiger partial charge in [-0.25, -0.2) is 14.2 Å². The molecule has 10 heteroatoms. The largest absolute Gasteiger partial charge is 0.497 e. The molecule has 1 N–H and O–H groups in total. The summed E-state index contributed by atoms with van der Waals surface area (Å²) in [6.45, 7) is 6.24. The van der Waals surface area contributed by atoms with Crippen molar-refractivity contribution >= 4 is 34.6 Å². The highest BCUT2D eigenvalue weighted by Gasteiger charge is 2.26. The zero-order valence-corrected chi connectivity index (χ0v) is 21.4. The van der Waals surface area contributed by atoms with Gasteiger partial charge < -0.3 is 24.8 Å². The van der Waals surface area contributed by atoms with Crippen molar-refractivity contribution in [3.63, 3.8) is 0 Å². The Hall–Kier alpha value is -3.66. The van der Waals surface area contributed by atoms with Gasteiger partial charge in [-0.1, -0.05) is 12.1 Å². The zero-order valence-electron chi connectivity index (χ0n) is 20.6. The Morgan fingerprint density at radius 3 is 2.44 bits per heavy atom. The smallest absolute Gasteiger partial charge is 0.322 e. The highest BCUT2D eigenvalue weighted by Crippen LogP contribution is 2.22. The molecular formula is C26H30FN5O3S. The normalized spacial score (nSPS) is 13.6. The quantitative estimate of drug-likeness (QED) is 0.498. The molecule has 0 aliphatic carbocycles. The van der Waals surface area contributed by atoms with E-state index in [0.29, 0.717) is 60.5 Å². The van der Waals surface area contributed by atoms with Crippen molar-refractivity contribution in [2.24, 2.45) is 0 Å². The number of hydrogen-bond acceptors (Lipinski definition) is 6. The molecule has 1 aromatic heterocycles. The van der Waals surface area contributed by atoms with Crippen LogP contribution in [0.1, 0.15) is 29.3 Å². The molecule has 0 saturated carbocycles. The molecule has 4 rings (SSSR count). The monoisotopic (exact) mass is 511 g/mol. The number of carbonyl (C=O) groups is 2. The number of nitrogens with one attached hydrogen (secondary N) is 1. The average Bonchev–Trinajstić information content (AvgIpc) is 3.36. The van der Waals surface area contributed by atoms with Crippen molar-refractivity contribution in [1.82, 2.24) is 14.8 Å². The molecule has 1 saturated heterocycles. The summed E-state index contributed by atoms with van der Waals surface area (Å²) < 4.78 is 19.3. The molecule has 3 aromatic rings. The number of thiazole rings is 1. The van der Waals surface area contributed by atoms with Gasteiger partial charge in [0.25, 0.3) is 5.91 Å². The van der Waals surface area contributed by atoms with Crippen molar-refractivity contribution < 1.29 is 18.7 Å². The predicted octanol–water partition coefficient (Wildman–Crippen LogP) is 4.70. The van der Waals surface area contributed by atoms with Crippen LogP contribution in [0, 0.1) is 5.82 Å². The molecule has 0 unspecified atom stereocenters. The maximum absolute atomic E-state index is 14.1. The fourth-order valence-electron chi connectivity index (χ4n) is 4.01. The number of methoxy groups -OCH3 is 1. The highest BCUT2D eigenvalue weighted by molar-refractivity contribution is 7.09. The van der Waals surface area contributed by atoms with E-state index in [4.69, 9.17) is 4.74 Å². The highest BCUT2D eigenvalue weighted by atomic mass is 32.1. The number of urea groups is 1. The Labute approximate surface area is 214 Å². The summed E-state index contributed by atoms with van der Waals surface area (Å²) in [5, 5.41) is 5.32. The zero-order chi connectivity index (χ0) is 25.7. The van der Waals surface area contributed by atoms with Gasteiger partial charge in [0.05, 0.1) is 19.3 Å². The van der Waals surface area contributed by atoms with Gasteiger partial charge in [-0.15, -0.1) is 11.3 Å². The van der Waals surface area contributed by atoms with Crippen molar-refractivity contribution in [1.29, 1.82) is 0 Å². The summed E-state index contributed by atoms with van der Waals surface area (Å²) in [6, 6.07) is 13.5. The van der Waals surface area contributed by atoms with Crippen LogP contribution in [0.2, 0.25) is 0 Å². The first-order valence-corrected chi connectivity index (χ1v) is 12.7. The molecule has 36 heavy (non-hydrogen) atoms. The van der Waals surface area contributed by atoms with Crippen LogP contribution in [0.5, 0.6) is 5.75 Å². The second-order valence-electron chi connectivity index (χ2n) is 8.74. The first-order valence-electron chi connectivity index (χ1n) is 11.8. The minimum Gasteiger partial charge on any atom is -0.497 e. The van der Waals surface area contributed by atoms with Crippen LogP contribution in [0.4, 0.5) is 20.6 Å². The molecule has 1 aliphatic rings. The molecular weight excluding hydrogens is 481 g/mol. The Morgan fingerprint density at radius 2 is 1.81 bits per heavy atom. The molecule has 0 radical (unpaired) electrons. The molecule has 1 fully saturated rings. The van der Waals surface area contributed by atoms with E-state index >= 15 is 0 Å². The Bertz CT molecular complexity index is 1190. The number of aromatic nitrogens is 1. The molecule has 0 atom stereocenters. The van der Waals surface area contributed by atoms with Crippen molar-refractivity contribution in [2.75, 3.05) is 43.5 Å². The average molecular weight is 512 g/mol. The van der Waals surface area contributed by atoms with E-state index < -0.39 is 0 Å². The van der Waals surface area contributed by atoms with Crippen molar-refractivity contribution in [3.8, 4) is 5.75 Å². The second kappa shape index (κ2) is 11.4. The fraction of sp³-hybridized carbons (Fsp3) is 0.346. The fourth-order valence-corrected chi connectivity index (χ4v) is 4.77. The number of anilines is 2. The number of piperazine rings is 1. The van der Waals surface area contributed by atoms with Gasteiger partial charge in [-0.3, -0.25) is 4.79 Å². The standard InChI is InChI=1S/C26H30FN5O3S/c1-18(2)32(26(34)28-19-8-10-20(35-3)11-9-19)16-24-29-22(17-36-24)25(33)31-14-12-30(13-15-31)23-7-5-4-6-21(23)27/h4-11,17-18H,12-16H2,1-3H3,(H,28,34). The maximum Gasteiger partial charge on any atom is 0.322 e. The predicted molar refractivity (Wildman–Crippen MR) is 139 cm³/mol. The molecule has 2 heterocycles. The second-order valence-corrected chi connectivity index (χ2v) is 9.68.